The van der Waals surface area contributed by atoms with E-state index in [1.807, 2.05) is 0 Å². The standard InChI is InChI=1S/C8H18N4/c1-2-4-6-8-10-12-11-9-7-5-3-1/h3,5,9-12H,1-2,4,6-8H2. The monoisotopic (exact) mass is 170 g/mol. The average molecular weight is 170 g/mol. The first-order valence-electron chi connectivity index (χ1n) is 4.61. The van der Waals surface area contributed by atoms with Crippen LogP contribution in [-0.2, 0) is 0 Å². The van der Waals surface area contributed by atoms with E-state index in [1.165, 1.54) is 25.7 Å². The number of hydrazine groups is 3. The third-order valence-electron chi connectivity index (χ3n) is 1.80. The molecule has 0 fully saturated rings. The molecule has 0 aromatic carbocycles. The van der Waals surface area contributed by atoms with Gasteiger partial charge in [-0.1, -0.05) is 18.6 Å². The third kappa shape index (κ3) is 5.26. The van der Waals surface area contributed by atoms with Gasteiger partial charge >= 0.3 is 0 Å². The topological polar surface area (TPSA) is 48.1 Å². The number of hydrogen-bond acceptors (Lipinski definition) is 4. The molecule has 4 nitrogen and oxygen atoms in total. The number of rotatable bonds is 0. The Labute approximate surface area is 73.7 Å². The Morgan fingerprint density at radius 1 is 0.833 bits per heavy atom. The molecule has 0 amide bonds. The van der Waals surface area contributed by atoms with Gasteiger partial charge in [-0.15, -0.1) is 0 Å². The lowest BCUT2D eigenvalue weighted by molar-refractivity contribution is 0.375. The molecule has 0 bridgehead atoms. The Hall–Kier alpha value is -0.420. The van der Waals surface area contributed by atoms with E-state index in [0.29, 0.717) is 0 Å². The zero-order valence-corrected chi connectivity index (χ0v) is 7.40. The molecule has 0 saturated heterocycles. The van der Waals surface area contributed by atoms with Crippen molar-refractivity contribution < 1.29 is 0 Å². The smallest absolute Gasteiger partial charge is 0.0294 e. The van der Waals surface area contributed by atoms with Crippen molar-refractivity contribution in [3.63, 3.8) is 0 Å². The second-order valence-corrected chi connectivity index (χ2v) is 2.88. The van der Waals surface area contributed by atoms with Gasteiger partial charge in [0.1, 0.15) is 0 Å². The van der Waals surface area contributed by atoms with E-state index in [0.717, 1.165) is 13.1 Å². The fraction of sp³-hybridized carbons (Fsp3) is 0.750. The molecule has 0 radical (unpaired) electrons. The van der Waals surface area contributed by atoms with Crippen LogP contribution in [0.4, 0.5) is 0 Å². The Balaban J connectivity index is 2.10. The SMILES string of the molecule is C1=CCNNNNCCCCC1. The van der Waals surface area contributed by atoms with Gasteiger partial charge < -0.3 is 0 Å². The highest BCUT2D eigenvalue weighted by molar-refractivity contribution is 4.82. The van der Waals surface area contributed by atoms with Gasteiger partial charge in [0, 0.05) is 13.1 Å². The van der Waals surface area contributed by atoms with Gasteiger partial charge in [-0.05, 0) is 19.3 Å². The molecular weight excluding hydrogens is 152 g/mol. The third-order valence-corrected chi connectivity index (χ3v) is 1.80. The van der Waals surface area contributed by atoms with E-state index in [1.54, 1.807) is 0 Å². The number of nitrogens with one attached hydrogen (secondary N) is 4. The Morgan fingerprint density at radius 2 is 1.75 bits per heavy atom. The first-order chi connectivity index (χ1) is 6.00. The summed E-state index contributed by atoms with van der Waals surface area (Å²) in [5.41, 5.74) is 11.7. The maximum absolute atomic E-state index is 3.06. The Bertz CT molecular complexity index is 110. The van der Waals surface area contributed by atoms with Crippen LogP contribution in [0.1, 0.15) is 25.7 Å². The molecule has 0 saturated carbocycles. The largest absolute Gasteiger partial charge is 0.243 e. The molecule has 1 heterocycles. The summed E-state index contributed by atoms with van der Waals surface area (Å²) in [5.74, 6) is 0. The van der Waals surface area contributed by atoms with E-state index < -0.39 is 0 Å². The van der Waals surface area contributed by atoms with Gasteiger partial charge in [0.2, 0.25) is 0 Å². The van der Waals surface area contributed by atoms with Crippen LogP contribution in [0.5, 0.6) is 0 Å². The molecule has 1 aliphatic rings. The van der Waals surface area contributed by atoms with Crippen molar-refractivity contribution in [2.75, 3.05) is 13.1 Å². The van der Waals surface area contributed by atoms with Crippen molar-refractivity contribution in [3.8, 4) is 0 Å². The summed E-state index contributed by atoms with van der Waals surface area (Å²) in [4.78, 5) is 0. The quantitative estimate of drug-likeness (QED) is 0.393. The summed E-state index contributed by atoms with van der Waals surface area (Å²) in [6.45, 7) is 1.87. The molecule has 1 aliphatic heterocycles. The summed E-state index contributed by atoms with van der Waals surface area (Å²) in [6, 6.07) is 0. The van der Waals surface area contributed by atoms with Gasteiger partial charge in [0.05, 0.1) is 0 Å². The predicted octanol–water partition coefficient (Wildman–Crippen LogP) is 0.220. The molecule has 0 aromatic rings. The van der Waals surface area contributed by atoms with Crippen LogP contribution in [0, 0.1) is 0 Å². The molecule has 4 N–H and O–H groups in total. The molecule has 0 spiro atoms. The molecule has 12 heavy (non-hydrogen) atoms. The van der Waals surface area contributed by atoms with Crippen LogP contribution in [-0.4, -0.2) is 13.1 Å². The molecule has 0 unspecified atom stereocenters. The van der Waals surface area contributed by atoms with Crippen LogP contribution < -0.4 is 21.9 Å². The van der Waals surface area contributed by atoms with Crippen molar-refractivity contribution in [2.24, 2.45) is 0 Å². The van der Waals surface area contributed by atoms with Crippen LogP contribution in [0.25, 0.3) is 0 Å². The van der Waals surface area contributed by atoms with Crippen molar-refractivity contribution in [1.29, 1.82) is 0 Å². The summed E-state index contributed by atoms with van der Waals surface area (Å²) in [7, 11) is 0. The van der Waals surface area contributed by atoms with Gasteiger partial charge in [0.15, 0.2) is 0 Å². The highest BCUT2D eigenvalue weighted by Gasteiger charge is 1.89. The van der Waals surface area contributed by atoms with E-state index in [9.17, 15) is 0 Å². The summed E-state index contributed by atoms with van der Waals surface area (Å²) in [5, 5.41) is 0. The fourth-order valence-electron chi connectivity index (χ4n) is 1.11. The number of allylic oxidation sites excluding steroid dienone is 1. The second-order valence-electron chi connectivity index (χ2n) is 2.88. The zero-order chi connectivity index (χ0) is 8.49. The van der Waals surface area contributed by atoms with Crippen molar-refractivity contribution in [3.05, 3.63) is 12.2 Å². The Kier molecular flexibility index (Phi) is 5.83. The fourth-order valence-corrected chi connectivity index (χ4v) is 1.11. The maximum atomic E-state index is 3.06. The molecule has 0 aliphatic carbocycles. The molecule has 0 aromatic heterocycles. The molecule has 1 rings (SSSR count). The van der Waals surface area contributed by atoms with Crippen molar-refractivity contribution in [2.45, 2.75) is 25.7 Å². The normalized spacial score (nSPS) is 22.7. The number of hydrogen-bond donors (Lipinski definition) is 4. The van der Waals surface area contributed by atoms with Crippen molar-refractivity contribution in [1.82, 2.24) is 21.9 Å². The van der Waals surface area contributed by atoms with E-state index in [2.05, 4.69) is 34.1 Å². The lowest BCUT2D eigenvalue weighted by Crippen LogP contribution is -2.50. The van der Waals surface area contributed by atoms with Crippen LogP contribution in [0.2, 0.25) is 0 Å². The van der Waals surface area contributed by atoms with Crippen LogP contribution in [0.15, 0.2) is 12.2 Å². The summed E-state index contributed by atoms with van der Waals surface area (Å²) in [6.07, 6.45) is 9.38. The first-order valence-corrected chi connectivity index (χ1v) is 4.61. The van der Waals surface area contributed by atoms with E-state index in [-0.39, 0.29) is 0 Å². The molecule has 70 valence electrons. The summed E-state index contributed by atoms with van der Waals surface area (Å²) < 4.78 is 0. The summed E-state index contributed by atoms with van der Waals surface area (Å²) >= 11 is 0. The zero-order valence-electron chi connectivity index (χ0n) is 7.40. The van der Waals surface area contributed by atoms with Gasteiger partial charge in [0.25, 0.3) is 0 Å². The minimum Gasteiger partial charge on any atom is -0.243 e. The van der Waals surface area contributed by atoms with Crippen LogP contribution >= 0.6 is 0 Å². The average Bonchev–Trinajstić information content (AvgIpc) is 2.05. The predicted molar refractivity (Wildman–Crippen MR) is 49.9 cm³/mol. The highest BCUT2D eigenvalue weighted by Crippen LogP contribution is 1.99. The highest BCUT2D eigenvalue weighted by atomic mass is 15.7. The lowest BCUT2D eigenvalue weighted by atomic mass is 10.2. The minimum absolute atomic E-state index is 0.856. The van der Waals surface area contributed by atoms with Gasteiger partial charge in [-0.25, -0.2) is 10.9 Å². The lowest BCUT2D eigenvalue weighted by Gasteiger charge is -2.09. The van der Waals surface area contributed by atoms with Gasteiger partial charge in [-0.3, -0.25) is 0 Å². The van der Waals surface area contributed by atoms with Crippen LogP contribution in [0.3, 0.4) is 0 Å². The molecule has 0 atom stereocenters. The van der Waals surface area contributed by atoms with Crippen molar-refractivity contribution >= 4 is 0 Å². The second kappa shape index (κ2) is 7.24. The molecular formula is C8H18N4. The van der Waals surface area contributed by atoms with Gasteiger partial charge in [-0.2, -0.15) is 11.1 Å². The first kappa shape index (κ1) is 9.67. The van der Waals surface area contributed by atoms with E-state index >= 15 is 0 Å². The van der Waals surface area contributed by atoms with E-state index in [4.69, 9.17) is 0 Å². The maximum Gasteiger partial charge on any atom is 0.0294 e. The Morgan fingerprint density at radius 3 is 2.75 bits per heavy atom. The molecule has 4 heteroatoms. The minimum atomic E-state index is 0.856.